The lowest BCUT2D eigenvalue weighted by molar-refractivity contribution is -0.384. The van der Waals surface area contributed by atoms with Gasteiger partial charge in [0.15, 0.2) is 0 Å². The highest BCUT2D eigenvalue weighted by Crippen LogP contribution is 2.20. The van der Waals surface area contributed by atoms with E-state index in [1.807, 2.05) is 4.90 Å². The average Bonchev–Trinajstić information content (AvgIpc) is 3.08. The van der Waals surface area contributed by atoms with Crippen molar-refractivity contribution < 1.29 is 9.72 Å². The number of benzene rings is 1. The maximum absolute atomic E-state index is 12.3. The number of carbonyl (C=O) groups is 1. The first-order valence-corrected chi connectivity index (χ1v) is 8.13. The summed E-state index contributed by atoms with van der Waals surface area (Å²) in [5.74, 6) is 0.218. The Hall–Kier alpha value is -2.15. The van der Waals surface area contributed by atoms with Gasteiger partial charge in [0.2, 0.25) is 5.91 Å². The van der Waals surface area contributed by atoms with Gasteiger partial charge >= 0.3 is 0 Å². The maximum Gasteiger partial charge on any atom is 0.269 e. The number of piperazine rings is 1. The lowest BCUT2D eigenvalue weighted by atomic mass is 10.2. The van der Waals surface area contributed by atoms with Crippen LogP contribution in [-0.4, -0.2) is 66.4 Å². The SMILES string of the molecule is O=C(CN1CCCC1)N1CCN(c2ccc([N+](=O)[O-])cc2)CC1. The zero-order chi connectivity index (χ0) is 16.2. The monoisotopic (exact) mass is 318 g/mol. The van der Waals surface area contributed by atoms with Crippen molar-refractivity contribution in [2.75, 3.05) is 50.7 Å². The molecule has 23 heavy (non-hydrogen) atoms. The Bertz CT molecular complexity index is 561. The smallest absolute Gasteiger partial charge is 0.269 e. The number of hydrogen-bond acceptors (Lipinski definition) is 5. The fraction of sp³-hybridized carbons (Fsp3) is 0.562. The van der Waals surface area contributed by atoms with Crippen molar-refractivity contribution in [3.63, 3.8) is 0 Å². The Morgan fingerprint density at radius 2 is 1.61 bits per heavy atom. The summed E-state index contributed by atoms with van der Waals surface area (Å²) in [4.78, 5) is 28.9. The summed E-state index contributed by atoms with van der Waals surface area (Å²) in [5, 5.41) is 10.7. The van der Waals surface area contributed by atoms with Gasteiger partial charge in [-0.25, -0.2) is 0 Å². The molecule has 1 amide bonds. The normalized spacial score (nSPS) is 19.1. The minimum Gasteiger partial charge on any atom is -0.368 e. The van der Waals surface area contributed by atoms with E-state index in [-0.39, 0.29) is 11.6 Å². The molecule has 124 valence electrons. The molecule has 2 fully saturated rings. The van der Waals surface area contributed by atoms with Crippen LogP contribution in [0, 0.1) is 10.1 Å². The van der Waals surface area contributed by atoms with E-state index < -0.39 is 4.92 Å². The molecule has 3 rings (SSSR count). The van der Waals surface area contributed by atoms with Crippen molar-refractivity contribution >= 4 is 17.3 Å². The largest absolute Gasteiger partial charge is 0.368 e. The minimum absolute atomic E-state index is 0.105. The van der Waals surface area contributed by atoms with E-state index in [9.17, 15) is 14.9 Å². The number of amides is 1. The first-order chi connectivity index (χ1) is 11.1. The van der Waals surface area contributed by atoms with Gasteiger partial charge in [0.05, 0.1) is 11.5 Å². The van der Waals surface area contributed by atoms with E-state index in [2.05, 4.69) is 9.80 Å². The van der Waals surface area contributed by atoms with Gasteiger partial charge in [-0.15, -0.1) is 0 Å². The van der Waals surface area contributed by atoms with Crippen molar-refractivity contribution in [1.29, 1.82) is 0 Å². The van der Waals surface area contributed by atoms with Crippen LogP contribution in [-0.2, 0) is 4.79 Å². The number of nitro groups is 1. The van der Waals surface area contributed by atoms with Gasteiger partial charge in [0.25, 0.3) is 5.69 Å². The summed E-state index contributed by atoms with van der Waals surface area (Å²) in [6, 6.07) is 6.61. The van der Waals surface area contributed by atoms with Gasteiger partial charge in [-0.3, -0.25) is 19.8 Å². The summed E-state index contributed by atoms with van der Waals surface area (Å²) in [7, 11) is 0. The first-order valence-electron chi connectivity index (χ1n) is 8.13. The van der Waals surface area contributed by atoms with Crippen LogP contribution in [0.2, 0.25) is 0 Å². The fourth-order valence-electron chi connectivity index (χ4n) is 3.23. The molecular formula is C16H22N4O3. The van der Waals surface area contributed by atoms with Crippen molar-refractivity contribution in [1.82, 2.24) is 9.80 Å². The standard InChI is InChI=1S/C16H22N4O3/c21-16(13-17-7-1-2-8-17)19-11-9-18(10-12-19)14-3-5-15(6-4-14)20(22)23/h3-6H,1-2,7-13H2. The number of rotatable bonds is 4. The van der Waals surface area contributed by atoms with Crippen molar-refractivity contribution in [2.45, 2.75) is 12.8 Å². The van der Waals surface area contributed by atoms with Crippen LogP contribution in [0.4, 0.5) is 11.4 Å². The third-order valence-corrected chi connectivity index (χ3v) is 4.62. The van der Waals surface area contributed by atoms with Gasteiger partial charge in [-0.1, -0.05) is 0 Å². The summed E-state index contributed by atoms with van der Waals surface area (Å²) in [6.07, 6.45) is 2.39. The second kappa shape index (κ2) is 6.95. The van der Waals surface area contributed by atoms with Crippen molar-refractivity contribution in [3.05, 3.63) is 34.4 Å². The fourth-order valence-corrected chi connectivity index (χ4v) is 3.23. The summed E-state index contributed by atoms with van der Waals surface area (Å²) < 4.78 is 0. The number of likely N-dealkylation sites (tertiary alicyclic amines) is 1. The molecular weight excluding hydrogens is 296 g/mol. The van der Waals surface area contributed by atoms with Crippen LogP contribution in [0.1, 0.15) is 12.8 Å². The highest BCUT2D eigenvalue weighted by Gasteiger charge is 2.24. The molecule has 2 heterocycles. The Morgan fingerprint density at radius 3 is 2.17 bits per heavy atom. The molecule has 2 aliphatic rings. The summed E-state index contributed by atoms with van der Waals surface area (Å²) >= 11 is 0. The number of hydrogen-bond donors (Lipinski definition) is 0. The molecule has 0 bridgehead atoms. The molecule has 0 atom stereocenters. The average molecular weight is 318 g/mol. The van der Waals surface area contributed by atoms with Crippen LogP contribution >= 0.6 is 0 Å². The molecule has 7 heteroatoms. The predicted molar refractivity (Wildman–Crippen MR) is 87.6 cm³/mol. The Balaban J connectivity index is 1.51. The molecule has 0 spiro atoms. The van der Waals surface area contributed by atoms with Crippen LogP contribution in [0.5, 0.6) is 0 Å². The number of anilines is 1. The molecule has 0 aliphatic carbocycles. The summed E-state index contributed by atoms with van der Waals surface area (Å²) in [6.45, 7) is 5.57. The van der Waals surface area contributed by atoms with E-state index >= 15 is 0 Å². The number of non-ortho nitro benzene ring substituents is 1. The van der Waals surface area contributed by atoms with Crippen LogP contribution in [0.25, 0.3) is 0 Å². The topological polar surface area (TPSA) is 69.9 Å². The Morgan fingerprint density at radius 1 is 1.00 bits per heavy atom. The van der Waals surface area contributed by atoms with Gasteiger partial charge in [0, 0.05) is 44.0 Å². The lowest BCUT2D eigenvalue weighted by Crippen LogP contribution is -2.51. The Kier molecular flexibility index (Phi) is 4.76. The van der Waals surface area contributed by atoms with Crippen LogP contribution < -0.4 is 4.90 Å². The van der Waals surface area contributed by atoms with E-state index in [1.165, 1.54) is 25.0 Å². The highest BCUT2D eigenvalue weighted by molar-refractivity contribution is 5.78. The third-order valence-electron chi connectivity index (χ3n) is 4.62. The first kappa shape index (κ1) is 15.7. The van der Waals surface area contributed by atoms with Gasteiger partial charge in [-0.05, 0) is 38.1 Å². The molecule has 2 aliphatic heterocycles. The van der Waals surface area contributed by atoms with Crippen LogP contribution in [0.3, 0.4) is 0 Å². The molecule has 7 nitrogen and oxygen atoms in total. The van der Waals surface area contributed by atoms with E-state index in [1.54, 1.807) is 12.1 Å². The number of carbonyl (C=O) groups excluding carboxylic acids is 1. The van der Waals surface area contributed by atoms with Crippen LogP contribution in [0.15, 0.2) is 24.3 Å². The third kappa shape index (κ3) is 3.79. The van der Waals surface area contributed by atoms with E-state index in [4.69, 9.17) is 0 Å². The molecule has 0 aromatic heterocycles. The van der Waals surface area contributed by atoms with Gasteiger partial charge < -0.3 is 9.80 Å². The van der Waals surface area contributed by atoms with Crippen molar-refractivity contribution in [2.24, 2.45) is 0 Å². The molecule has 0 saturated carbocycles. The zero-order valence-corrected chi connectivity index (χ0v) is 13.2. The van der Waals surface area contributed by atoms with E-state index in [0.717, 1.165) is 31.9 Å². The van der Waals surface area contributed by atoms with Crippen molar-refractivity contribution in [3.8, 4) is 0 Å². The van der Waals surface area contributed by atoms with Gasteiger partial charge in [0.1, 0.15) is 0 Å². The molecule has 1 aromatic carbocycles. The molecule has 0 N–H and O–H groups in total. The number of nitrogens with zero attached hydrogens (tertiary/aromatic N) is 4. The van der Waals surface area contributed by atoms with E-state index in [0.29, 0.717) is 19.6 Å². The Labute approximate surface area is 135 Å². The lowest BCUT2D eigenvalue weighted by Gasteiger charge is -2.36. The molecule has 0 radical (unpaired) electrons. The quantitative estimate of drug-likeness (QED) is 0.619. The van der Waals surface area contributed by atoms with Gasteiger partial charge in [-0.2, -0.15) is 0 Å². The molecule has 2 saturated heterocycles. The predicted octanol–water partition coefficient (Wildman–Crippen LogP) is 1.34. The zero-order valence-electron chi connectivity index (χ0n) is 13.2. The minimum atomic E-state index is -0.390. The second-order valence-corrected chi connectivity index (χ2v) is 6.12. The highest BCUT2D eigenvalue weighted by atomic mass is 16.6. The molecule has 0 unspecified atom stereocenters. The second-order valence-electron chi connectivity index (χ2n) is 6.12. The maximum atomic E-state index is 12.3. The molecule has 1 aromatic rings. The summed E-state index contributed by atoms with van der Waals surface area (Å²) in [5.41, 5.74) is 1.08. The number of nitro benzene ring substituents is 1.